The number of H-pyrrole nitrogens is 1. The van der Waals surface area contributed by atoms with Crippen molar-refractivity contribution in [1.29, 1.82) is 0 Å². The number of likely N-dealkylation sites (N-methyl/N-ethyl adjacent to an activating group) is 1. The zero-order valence-electron chi connectivity index (χ0n) is 15.1. The monoisotopic (exact) mass is 391 g/mol. The molecule has 7 heteroatoms. The van der Waals surface area contributed by atoms with Crippen LogP contribution in [0.15, 0.2) is 42.5 Å². The molecule has 1 fully saturated rings. The van der Waals surface area contributed by atoms with E-state index in [1.165, 1.54) is 5.56 Å². The van der Waals surface area contributed by atoms with E-state index in [-0.39, 0.29) is 24.8 Å². The smallest absolute Gasteiger partial charge is 0.251 e. The van der Waals surface area contributed by atoms with Crippen LogP contribution in [0.4, 0.5) is 0 Å². The number of rotatable bonds is 1. The zero-order chi connectivity index (χ0) is 19.0. The van der Waals surface area contributed by atoms with E-state index >= 15 is 0 Å². The first-order valence-corrected chi connectivity index (χ1v) is 9.63. The molecule has 3 aliphatic rings. The SMILES string of the molecule is CN1C(=O)[C@@H]2Cc3c([nH]c4ccccc34)[C@@H](c3ccc4c(c3)OCO4)N2C1=S. The number of benzene rings is 2. The van der Waals surface area contributed by atoms with Crippen molar-refractivity contribution in [3.8, 4) is 11.5 Å². The van der Waals surface area contributed by atoms with Crippen LogP contribution in [-0.4, -0.2) is 45.7 Å². The van der Waals surface area contributed by atoms with Gasteiger partial charge in [-0.05, 0) is 41.5 Å². The molecule has 1 amide bonds. The van der Waals surface area contributed by atoms with Gasteiger partial charge in [0.2, 0.25) is 6.79 Å². The molecule has 0 bridgehead atoms. The lowest BCUT2D eigenvalue weighted by molar-refractivity contribution is -0.127. The predicted molar refractivity (Wildman–Crippen MR) is 107 cm³/mol. The second kappa shape index (κ2) is 5.48. The first kappa shape index (κ1) is 15.9. The Morgan fingerprint density at radius 1 is 1.14 bits per heavy atom. The minimum atomic E-state index is -0.292. The number of aromatic amines is 1. The number of carbonyl (C=O) groups excluding carboxylic acids is 1. The number of fused-ring (bicyclic) bond motifs is 5. The molecule has 0 radical (unpaired) electrons. The van der Waals surface area contributed by atoms with Gasteiger partial charge in [-0.15, -0.1) is 0 Å². The van der Waals surface area contributed by atoms with Gasteiger partial charge in [0.05, 0.1) is 6.04 Å². The normalized spacial score (nSPS) is 22.8. The maximum atomic E-state index is 12.9. The first-order chi connectivity index (χ1) is 13.6. The first-order valence-electron chi connectivity index (χ1n) is 9.22. The number of nitrogens with one attached hydrogen (secondary N) is 1. The summed E-state index contributed by atoms with van der Waals surface area (Å²) in [5, 5.41) is 1.72. The average Bonchev–Trinajstić information content (AvgIpc) is 3.38. The summed E-state index contributed by atoms with van der Waals surface area (Å²) in [7, 11) is 1.76. The Balaban J connectivity index is 1.60. The van der Waals surface area contributed by atoms with Gasteiger partial charge in [-0.2, -0.15) is 0 Å². The summed E-state index contributed by atoms with van der Waals surface area (Å²) in [4.78, 5) is 20.2. The fraction of sp³-hybridized carbons (Fsp3) is 0.238. The van der Waals surface area contributed by atoms with Gasteiger partial charge >= 0.3 is 0 Å². The molecule has 3 aromatic rings. The van der Waals surface area contributed by atoms with Gasteiger partial charge in [-0.1, -0.05) is 24.3 Å². The van der Waals surface area contributed by atoms with E-state index in [9.17, 15) is 4.79 Å². The summed E-state index contributed by atoms with van der Waals surface area (Å²) >= 11 is 5.66. The summed E-state index contributed by atoms with van der Waals surface area (Å²) in [6, 6.07) is 13.7. The number of hydrogen-bond donors (Lipinski definition) is 1. The van der Waals surface area contributed by atoms with Crippen molar-refractivity contribution in [2.75, 3.05) is 13.8 Å². The van der Waals surface area contributed by atoms with Crippen LogP contribution >= 0.6 is 12.2 Å². The topological polar surface area (TPSA) is 57.8 Å². The van der Waals surface area contributed by atoms with Crippen molar-refractivity contribution in [3.63, 3.8) is 0 Å². The van der Waals surface area contributed by atoms with Crippen LogP contribution in [0.25, 0.3) is 10.9 Å². The molecule has 0 spiro atoms. The van der Waals surface area contributed by atoms with E-state index in [1.807, 2.05) is 30.3 Å². The molecular formula is C21H17N3O3S. The molecule has 0 saturated carbocycles. The molecule has 3 aliphatic heterocycles. The van der Waals surface area contributed by atoms with Gasteiger partial charge in [0, 0.05) is 30.1 Å². The Morgan fingerprint density at radius 2 is 1.96 bits per heavy atom. The van der Waals surface area contributed by atoms with Crippen molar-refractivity contribution in [3.05, 3.63) is 59.3 Å². The van der Waals surface area contributed by atoms with Crippen molar-refractivity contribution in [1.82, 2.24) is 14.8 Å². The number of aromatic nitrogens is 1. The van der Waals surface area contributed by atoms with E-state index in [1.54, 1.807) is 11.9 Å². The van der Waals surface area contributed by atoms with E-state index in [0.29, 0.717) is 11.5 Å². The molecule has 140 valence electrons. The van der Waals surface area contributed by atoms with Crippen LogP contribution in [0.2, 0.25) is 0 Å². The molecule has 0 aliphatic carbocycles. The van der Waals surface area contributed by atoms with Crippen LogP contribution in [0, 0.1) is 0 Å². The molecule has 1 saturated heterocycles. The van der Waals surface area contributed by atoms with Crippen LogP contribution in [0.5, 0.6) is 11.5 Å². The lowest BCUT2D eigenvalue weighted by atomic mass is 9.89. The largest absolute Gasteiger partial charge is 0.454 e. The molecule has 1 N–H and O–H groups in total. The highest BCUT2D eigenvalue weighted by Gasteiger charge is 2.49. The van der Waals surface area contributed by atoms with Crippen molar-refractivity contribution >= 4 is 34.1 Å². The van der Waals surface area contributed by atoms with Crippen LogP contribution in [-0.2, 0) is 11.2 Å². The van der Waals surface area contributed by atoms with Gasteiger partial charge < -0.3 is 19.4 Å². The number of carbonyl (C=O) groups is 1. The second-order valence-electron chi connectivity index (χ2n) is 7.39. The molecule has 6 nitrogen and oxygen atoms in total. The minimum absolute atomic E-state index is 0.0478. The maximum absolute atomic E-state index is 12.9. The molecule has 6 rings (SSSR count). The fourth-order valence-electron chi connectivity index (χ4n) is 4.64. The number of amides is 1. The third-order valence-corrected chi connectivity index (χ3v) is 6.45. The minimum Gasteiger partial charge on any atom is -0.454 e. The Morgan fingerprint density at radius 3 is 2.86 bits per heavy atom. The molecule has 1 aromatic heterocycles. The number of nitrogens with zero attached hydrogens (tertiary/aromatic N) is 2. The fourth-order valence-corrected chi connectivity index (χ4v) is 4.96. The number of para-hydroxylation sites is 1. The lowest BCUT2D eigenvalue weighted by Crippen LogP contribution is -2.44. The molecule has 2 aromatic carbocycles. The van der Waals surface area contributed by atoms with Crippen molar-refractivity contribution in [2.45, 2.75) is 18.5 Å². The van der Waals surface area contributed by atoms with Gasteiger partial charge in [-0.25, -0.2) is 0 Å². The van der Waals surface area contributed by atoms with E-state index < -0.39 is 0 Å². The summed E-state index contributed by atoms with van der Waals surface area (Å²) < 4.78 is 11.1. The van der Waals surface area contributed by atoms with Crippen LogP contribution < -0.4 is 9.47 Å². The summed E-state index contributed by atoms with van der Waals surface area (Å²) in [6.45, 7) is 0.229. The molecule has 28 heavy (non-hydrogen) atoms. The number of hydrogen-bond acceptors (Lipinski definition) is 4. The van der Waals surface area contributed by atoms with Crippen molar-refractivity contribution < 1.29 is 14.3 Å². The highest BCUT2D eigenvalue weighted by molar-refractivity contribution is 7.80. The predicted octanol–water partition coefficient (Wildman–Crippen LogP) is 2.97. The molecule has 0 unspecified atom stereocenters. The average molecular weight is 391 g/mol. The van der Waals surface area contributed by atoms with E-state index in [2.05, 4.69) is 22.0 Å². The maximum Gasteiger partial charge on any atom is 0.251 e. The van der Waals surface area contributed by atoms with Gasteiger partial charge in [-0.3, -0.25) is 9.69 Å². The van der Waals surface area contributed by atoms with Gasteiger partial charge in [0.1, 0.15) is 6.04 Å². The summed E-state index contributed by atoms with van der Waals surface area (Å²) in [6.07, 6.45) is 0.643. The Bertz CT molecular complexity index is 1170. The molecular weight excluding hydrogens is 374 g/mol. The van der Waals surface area contributed by atoms with Crippen LogP contribution in [0.1, 0.15) is 22.9 Å². The van der Waals surface area contributed by atoms with Gasteiger partial charge in [0.15, 0.2) is 16.6 Å². The Hall–Kier alpha value is -3.06. The third kappa shape index (κ3) is 1.97. The Labute approximate surface area is 166 Å². The highest BCUT2D eigenvalue weighted by Crippen LogP contribution is 2.45. The highest BCUT2D eigenvalue weighted by atomic mass is 32.1. The lowest BCUT2D eigenvalue weighted by Gasteiger charge is -2.37. The number of ether oxygens (including phenoxy) is 2. The second-order valence-corrected chi connectivity index (χ2v) is 7.75. The molecule has 4 heterocycles. The van der Waals surface area contributed by atoms with E-state index in [4.69, 9.17) is 21.7 Å². The molecule has 2 atom stereocenters. The quantitative estimate of drug-likeness (QED) is 0.647. The zero-order valence-corrected chi connectivity index (χ0v) is 16.0. The third-order valence-electron chi connectivity index (χ3n) is 5.97. The summed E-state index contributed by atoms with van der Waals surface area (Å²) in [5.41, 5.74) is 4.37. The van der Waals surface area contributed by atoms with Gasteiger partial charge in [0.25, 0.3) is 5.91 Å². The summed E-state index contributed by atoms with van der Waals surface area (Å²) in [5.74, 6) is 1.51. The van der Waals surface area contributed by atoms with Crippen molar-refractivity contribution in [2.24, 2.45) is 0 Å². The standard InChI is InChI=1S/C21H17N3O3S/c1-23-20(25)15-9-13-12-4-2-3-5-14(12)22-18(13)19(24(15)21(23)28)11-6-7-16-17(8-11)27-10-26-16/h2-8,15,19,22H,9-10H2,1H3/t15-,19+/m0/s1. The number of thiocarbonyl (C=S) groups is 1. The van der Waals surface area contributed by atoms with Crippen LogP contribution in [0.3, 0.4) is 0 Å². The Kier molecular flexibility index (Phi) is 3.12. The van der Waals surface area contributed by atoms with E-state index in [0.717, 1.165) is 33.7 Å².